The van der Waals surface area contributed by atoms with E-state index in [1.54, 1.807) is 0 Å². The zero-order valence-electron chi connectivity index (χ0n) is 13.5. The maximum atomic E-state index is 11.3. The van der Waals surface area contributed by atoms with Gasteiger partial charge in [0, 0.05) is 30.2 Å². The third kappa shape index (κ3) is 2.60. The first-order valence-electron chi connectivity index (χ1n) is 8.10. The Morgan fingerprint density at radius 2 is 1.67 bits per heavy atom. The second-order valence-electron chi connectivity index (χ2n) is 6.01. The van der Waals surface area contributed by atoms with Crippen molar-refractivity contribution in [2.75, 3.05) is 0 Å². The Bertz CT molecular complexity index is 805. The Morgan fingerprint density at radius 1 is 1.04 bits per heavy atom. The zero-order valence-corrected chi connectivity index (χ0v) is 13.5. The Hall–Kier alpha value is -2.88. The highest BCUT2D eigenvalue weighted by Gasteiger charge is 2.30. The number of ether oxygens (including phenoxy) is 1. The summed E-state index contributed by atoms with van der Waals surface area (Å²) in [6, 6.07) is 20.3. The third-order valence-corrected chi connectivity index (χ3v) is 4.29. The van der Waals surface area contributed by atoms with E-state index in [1.807, 2.05) is 36.4 Å². The summed E-state index contributed by atoms with van der Waals surface area (Å²) in [5.41, 5.74) is 4.27. The van der Waals surface area contributed by atoms with Crippen LogP contribution in [-0.4, -0.2) is 21.6 Å². The van der Waals surface area contributed by atoms with Crippen LogP contribution in [0.1, 0.15) is 12.6 Å². The van der Waals surface area contributed by atoms with E-state index >= 15 is 0 Å². The average molecular weight is 318 g/mol. The molecule has 3 aromatic rings. The molecule has 2 aromatic carbocycles. The summed E-state index contributed by atoms with van der Waals surface area (Å²) in [4.78, 5) is 16.2. The number of fused-ring (bicyclic) bond motifs is 1. The van der Waals surface area contributed by atoms with Crippen LogP contribution in [0.3, 0.4) is 0 Å². The molecule has 4 nitrogen and oxygen atoms in total. The van der Waals surface area contributed by atoms with E-state index in [0.717, 1.165) is 28.3 Å². The standard InChI is InChI=1S/C20H18N2O2/c1-14(23)24-17-12-18-19(15-8-4-2-5-9-15)21-20(22(18)13-17)16-10-6-3-7-11-16/h2-11,17H,12-13H2,1H3/t17-/m1/s1. The number of carbonyl (C=O) groups is 1. The molecule has 0 spiro atoms. The van der Waals surface area contributed by atoms with Crippen LogP contribution in [0.5, 0.6) is 0 Å². The lowest BCUT2D eigenvalue weighted by Gasteiger charge is -2.10. The van der Waals surface area contributed by atoms with Crippen LogP contribution in [0, 0.1) is 0 Å². The molecule has 120 valence electrons. The quantitative estimate of drug-likeness (QED) is 0.692. The highest BCUT2D eigenvalue weighted by molar-refractivity contribution is 5.70. The van der Waals surface area contributed by atoms with Gasteiger partial charge >= 0.3 is 5.97 Å². The Kier molecular flexibility index (Phi) is 3.65. The van der Waals surface area contributed by atoms with Gasteiger partial charge in [0.25, 0.3) is 0 Å². The van der Waals surface area contributed by atoms with Gasteiger partial charge in [-0.2, -0.15) is 0 Å². The van der Waals surface area contributed by atoms with Crippen molar-refractivity contribution in [3.05, 3.63) is 66.4 Å². The molecular formula is C20H18N2O2. The van der Waals surface area contributed by atoms with Crippen molar-refractivity contribution in [3.63, 3.8) is 0 Å². The molecule has 0 amide bonds. The molecule has 1 aliphatic heterocycles. The fraction of sp³-hybridized carbons (Fsp3) is 0.200. The van der Waals surface area contributed by atoms with E-state index in [2.05, 4.69) is 28.8 Å². The summed E-state index contributed by atoms with van der Waals surface area (Å²) < 4.78 is 7.63. The van der Waals surface area contributed by atoms with Crippen LogP contribution in [0.15, 0.2) is 60.7 Å². The number of imidazole rings is 1. The minimum Gasteiger partial charge on any atom is -0.460 e. The van der Waals surface area contributed by atoms with Gasteiger partial charge in [-0.1, -0.05) is 60.7 Å². The van der Waals surface area contributed by atoms with Gasteiger partial charge in [-0.3, -0.25) is 4.79 Å². The van der Waals surface area contributed by atoms with Gasteiger partial charge in [-0.05, 0) is 0 Å². The number of esters is 1. The molecular weight excluding hydrogens is 300 g/mol. The number of aromatic nitrogens is 2. The molecule has 4 heteroatoms. The van der Waals surface area contributed by atoms with E-state index in [9.17, 15) is 4.79 Å². The van der Waals surface area contributed by atoms with Crippen LogP contribution in [0.2, 0.25) is 0 Å². The predicted molar refractivity (Wildman–Crippen MR) is 92.4 cm³/mol. The molecule has 0 fully saturated rings. The molecule has 0 bridgehead atoms. The lowest BCUT2D eigenvalue weighted by molar-refractivity contribution is -0.146. The van der Waals surface area contributed by atoms with Gasteiger partial charge in [0.2, 0.25) is 0 Å². The lowest BCUT2D eigenvalue weighted by Crippen LogP contribution is -2.18. The van der Waals surface area contributed by atoms with Crippen molar-refractivity contribution < 1.29 is 9.53 Å². The smallest absolute Gasteiger partial charge is 0.302 e. The van der Waals surface area contributed by atoms with E-state index in [0.29, 0.717) is 13.0 Å². The molecule has 4 rings (SSSR count). The monoisotopic (exact) mass is 318 g/mol. The molecule has 2 heterocycles. The molecule has 1 aromatic heterocycles. The number of hydrogen-bond acceptors (Lipinski definition) is 3. The highest BCUT2D eigenvalue weighted by Crippen LogP contribution is 2.34. The molecule has 0 unspecified atom stereocenters. The van der Waals surface area contributed by atoms with E-state index in [1.165, 1.54) is 6.92 Å². The zero-order chi connectivity index (χ0) is 16.5. The third-order valence-electron chi connectivity index (χ3n) is 4.29. The molecule has 1 aliphatic rings. The second-order valence-corrected chi connectivity index (χ2v) is 6.01. The Balaban J connectivity index is 1.82. The fourth-order valence-corrected chi connectivity index (χ4v) is 3.32. The van der Waals surface area contributed by atoms with Crippen LogP contribution < -0.4 is 0 Å². The average Bonchev–Trinajstić information content (AvgIpc) is 3.14. The number of rotatable bonds is 3. The molecule has 0 saturated carbocycles. The molecule has 0 radical (unpaired) electrons. The Labute approximate surface area is 140 Å². The van der Waals surface area contributed by atoms with Crippen molar-refractivity contribution in [2.24, 2.45) is 0 Å². The maximum absolute atomic E-state index is 11.3. The molecule has 0 saturated heterocycles. The van der Waals surface area contributed by atoms with Crippen molar-refractivity contribution in [2.45, 2.75) is 26.0 Å². The first-order valence-corrected chi connectivity index (χ1v) is 8.10. The fourth-order valence-electron chi connectivity index (χ4n) is 3.32. The molecule has 0 N–H and O–H groups in total. The number of carbonyl (C=O) groups excluding carboxylic acids is 1. The van der Waals surface area contributed by atoms with Crippen molar-refractivity contribution in [1.29, 1.82) is 0 Å². The van der Waals surface area contributed by atoms with Crippen molar-refractivity contribution in [1.82, 2.24) is 9.55 Å². The van der Waals surface area contributed by atoms with Gasteiger partial charge in [0.05, 0.1) is 12.2 Å². The minimum absolute atomic E-state index is 0.120. The topological polar surface area (TPSA) is 44.1 Å². The molecule has 24 heavy (non-hydrogen) atoms. The summed E-state index contributed by atoms with van der Waals surface area (Å²) in [6.07, 6.45) is 0.578. The highest BCUT2D eigenvalue weighted by atomic mass is 16.5. The first kappa shape index (κ1) is 14.7. The summed E-state index contributed by atoms with van der Waals surface area (Å²) in [7, 11) is 0. The maximum Gasteiger partial charge on any atom is 0.302 e. The van der Waals surface area contributed by atoms with Gasteiger partial charge in [0.15, 0.2) is 0 Å². The van der Waals surface area contributed by atoms with Gasteiger partial charge < -0.3 is 9.30 Å². The van der Waals surface area contributed by atoms with Crippen LogP contribution >= 0.6 is 0 Å². The summed E-state index contributed by atoms with van der Waals surface area (Å²) in [6.45, 7) is 2.11. The second kappa shape index (κ2) is 5.96. The van der Waals surface area contributed by atoms with Gasteiger partial charge in [-0.25, -0.2) is 4.98 Å². The number of benzene rings is 2. The number of hydrogen-bond donors (Lipinski definition) is 0. The Morgan fingerprint density at radius 3 is 2.29 bits per heavy atom. The summed E-state index contributed by atoms with van der Waals surface area (Å²) in [5.74, 6) is 0.695. The summed E-state index contributed by atoms with van der Waals surface area (Å²) >= 11 is 0. The van der Waals surface area contributed by atoms with E-state index < -0.39 is 0 Å². The van der Waals surface area contributed by atoms with Crippen LogP contribution in [-0.2, 0) is 22.5 Å². The summed E-state index contributed by atoms with van der Waals surface area (Å²) in [5, 5.41) is 0. The van der Waals surface area contributed by atoms with Crippen LogP contribution in [0.25, 0.3) is 22.6 Å². The van der Waals surface area contributed by atoms with Crippen LogP contribution in [0.4, 0.5) is 0 Å². The van der Waals surface area contributed by atoms with Crippen molar-refractivity contribution in [3.8, 4) is 22.6 Å². The molecule has 0 aliphatic carbocycles. The minimum atomic E-state index is -0.235. The van der Waals surface area contributed by atoms with Gasteiger partial charge in [0.1, 0.15) is 11.9 Å². The van der Waals surface area contributed by atoms with E-state index in [4.69, 9.17) is 9.72 Å². The molecule has 1 atom stereocenters. The predicted octanol–water partition coefficient (Wildman–Crippen LogP) is 3.70. The first-order chi connectivity index (χ1) is 11.7. The normalized spacial score (nSPS) is 16.0. The largest absolute Gasteiger partial charge is 0.460 e. The number of nitrogens with zero attached hydrogens (tertiary/aromatic N) is 2. The van der Waals surface area contributed by atoms with Gasteiger partial charge in [-0.15, -0.1) is 0 Å². The lowest BCUT2D eigenvalue weighted by atomic mass is 10.1. The van der Waals surface area contributed by atoms with Crippen molar-refractivity contribution >= 4 is 5.97 Å². The SMILES string of the molecule is CC(=O)O[C@@H]1Cc2c(-c3ccccc3)nc(-c3ccccc3)n2C1. The van der Waals surface area contributed by atoms with E-state index in [-0.39, 0.29) is 12.1 Å².